The molecule has 36 heavy (non-hydrogen) atoms. The highest BCUT2D eigenvalue weighted by molar-refractivity contribution is 6.77. The van der Waals surface area contributed by atoms with Crippen molar-refractivity contribution in [2.24, 2.45) is 0 Å². The predicted octanol–water partition coefficient (Wildman–Crippen LogP) is 7.63. The molecule has 1 aromatic heterocycles. The van der Waals surface area contributed by atoms with Crippen molar-refractivity contribution in [3.05, 3.63) is 64.3 Å². The van der Waals surface area contributed by atoms with Crippen LogP contribution >= 0.6 is 0 Å². The fourth-order valence-electron chi connectivity index (χ4n) is 6.75. The fourth-order valence-corrected chi connectivity index (χ4v) is 12.4. The molecule has 5 rings (SSSR count). The summed E-state index contributed by atoms with van der Waals surface area (Å²) >= 11 is 0. The van der Waals surface area contributed by atoms with E-state index in [-0.39, 0.29) is 17.5 Å². The first-order chi connectivity index (χ1) is 17.0. The van der Waals surface area contributed by atoms with Crippen molar-refractivity contribution < 1.29 is 18.3 Å². The minimum absolute atomic E-state index is 0.0627. The smallest absolute Gasteiger partial charge is 0.210 e. The number of ether oxygens (including phenoxy) is 2. The molecule has 1 fully saturated rings. The largest absolute Gasteiger partial charge is 0.464 e. The lowest BCUT2D eigenvalue weighted by Crippen LogP contribution is -2.54. The molecular formula is C30H38O5Si. The molecule has 6 heteroatoms. The molecule has 0 radical (unpaired) electrons. The Kier molecular flexibility index (Phi) is 6.21. The highest BCUT2D eigenvalue weighted by Crippen LogP contribution is 2.56. The molecule has 0 bridgehead atoms. The standard InChI is InChI=1S/C30H38O5Si/c1-17(2)36(18(3)4,19(5)6)35-28-26-25-23(33-29(26)34-30(28,7)8)15-14-21-22(31)16-24(32-27(21)25)20-12-10-9-11-13-20/h9-19,26,28-29H,1-8H3/t26-,28-,29+/m1/s1. The Hall–Kier alpha value is -2.41. The maximum atomic E-state index is 13.2. The van der Waals surface area contributed by atoms with Crippen molar-refractivity contribution in [3.63, 3.8) is 0 Å². The quantitative estimate of drug-likeness (QED) is 0.322. The first-order valence-electron chi connectivity index (χ1n) is 13.2. The van der Waals surface area contributed by atoms with Crippen LogP contribution in [-0.2, 0) is 9.16 Å². The average Bonchev–Trinajstić information content (AvgIpc) is 3.27. The summed E-state index contributed by atoms with van der Waals surface area (Å²) < 4.78 is 26.7. The van der Waals surface area contributed by atoms with Crippen LogP contribution < -0.4 is 10.2 Å². The second-order valence-corrected chi connectivity index (χ2v) is 17.2. The first-order valence-corrected chi connectivity index (χ1v) is 15.3. The van der Waals surface area contributed by atoms with Gasteiger partial charge in [0.1, 0.15) is 17.1 Å². The van der Waals surface area contributed by atoms with E-state index in [4.69, 9.17) is 18.3 Å². The zero-order chi connectivity index (χ0) is 26.0. The summed E-state index contributed by atoms with van der Waals surface area (Å²) in [6.07, 6.45) is -0.701. The lowest BCUT2D eigenvalue weighted by atomic mass is 9.87. The summed E-state index contributed by atoms with van der Waals surface area (Å²) in [4.78, 5) is 13.2. The highest BCUT2D eigenvalue weighted by Gasteiger charge is 2.60. The summed E-state index contributed by atoms with van der Waals surface area (Å²) in [5.41, 5.74) is 3.02. The molecule has 192 valence electrons. The third-order valence-corrected chi connectivity index (χ3v) is 14.4. The number of fused-ring (bicyclic) bond motifs is 5. The molecule has 0 N–H and O–H groups in total. The van der Waals surface area contributed by atoms with Crippen LogP contribution in [0, 0.1) is 0 Å². The predicted molar refractivity (Wildman–Crippen MR) is 146 cm³/mol. The summed E-state index contributed by atoms with van der Waals surface area (Å²) in [5, 5.41) is 0.557. The highest BCUT2D eigenvalue weighted by atomic mass is 28.4. The Labute approximate surface area is 214 Å². The lowest BCUT2D eigenvalue weighted by molar-refractivity contribution is -0.117. The van der Waals surface area contributed by atoms with Gasteiger partial charge >= 0.3 is 0 Å². The second-order valence-electron chi connectivity index (χ2n) is 11.8. The van der Waals surface area contributed by atoms with Crippen molar-refractivity contribution in [2.75, 3.05) is 0 Å². The van der Waals surface area contributed by atoms with Gasteiger partial charge in [-0.2, -0.15) is 0 Å². The van der Waals surface area contributed by atoms with Crippen LogP contribution in [0.3, 0.4) is 0 Å². The molecule has 0 aliphatic carbocycles. The van der Waals surface area contributed by atoms with Gasteiger partial charge in [-0.1, -0.05) is 71.9 Å². The van der Waals surface area contributed by atoms with Crippen LogP contribution in [0.1, 0.15) is 66.9 Å². The van der Waals surface area contributed by atoms with Crippen molar-refractivity contribution in [1.82, 2.24) is 0 Å². The van der Waals surface area contributed by atoms with E-state index in [1.807, 2.05) is 36.4 Å². The molecule has 0 saturated carbocycles. The Morgan fingerprint density at radius 1 is 0.917 bits per heavy atom. The molecule has 1 saturated heterocycles. The van der Waals surface area contributed by atoms with Crippen LogP contribution in [0.4, 0.5) is 0 Å². The van der Waals surface area contributed by atoms with Gasteiger partial charge in [-0.15, -0.1) is 0 Å². The van der Waals surface area contributed by atoms with Crippen LogP contribution in [0.5, 0.6) is 5.75 Å². The molecule has 2 aliphatic heterocycles. The molecule has 2 aromatic carbocycles. The summed E-state index contributed by atoms with van der Waals surface area (Å²) in [6.45, 7) is 18.0. The zero-order valence-electron chi connectivity index (χ0n) is 22.6. The van der Waals surface area contributed by atoms with E-state index in [2.05, 4.69) is 55.4 Å². The van der Waals surface area contributed by atoms with Crippen LogP contribution in [0.15, 0.2) is 57.7 Å². The molecule has 5 nitrogen and oxygen atoms in total. The maximum absolute atomic E-state index is 13.2. The Bertz CT molecular complexity index is 1300. The fraction of sp³-hybridized carbons (Fsp3) is 0.500. The van der Waals surface area contributed by atoms with Crippen LogP contribution in [0.2, 0.25) is 16.6 Å². The topological polar surface area (TPSA) is 57.9 Å². The van der Waals surface area contributed by atoms with Gasteiger partial charge in [0, 0.05) is 17.2 Å². The Balaban J connectivity index is 1.69. The minimum atomic E-state index is -2.23. The van der Waals surface area contributed by atoms with Gasteiger partial charge in [-0.3, -0.25) is 4.79 Å². The third-order valence-electron chi connectivity index (χ3n) is 8.29. The second kappa shape index (κ2) is 8.86. The molecule has 0 spiro atoms. The lowest BCUT2D eigenvalue weighted by Gasteiger charge is -2.46. The summed E-state index contributed by atoms with van der Waals surface area (Å²) in [5.74, 6) is 1.08. The number of rotatable bonds is 6. The van der Waals surface area contributed by atoms with E-state index < -0.39 is 20.2 Å². The van der Waals surface area contributed by atoms with Gasteiger partial charge in [0.15, 0.2) is 5.43 Å². The molecule has 3 heterocycles. The van der Waals surface area contributed by atoms with Crippen molar-refractivity contribution in [1.29, 1.82) is 0 Å². The molecule has 0 amide bonds. The van der Waals surface area contributed by atoms with E-state index in [0.29, 0.717) is 39.1 Å². The number of hydrogen-bond acceptors (Lipinski definition) is 5. The minimum Gasteiger partial charge on any atom is -0.464 e. The van der Waals surface area contributed by atoms with E-state index >= 15 is 0 Å². The SMILES string of the molecule is CC(C)[Si](O[C@@H]1[C@H]2c3c(ccc4c(=O)cc(-c5ccccc5)oc34)O[C@H]2OC1(C)C)(C(C)C)C(C)C. The normalized spacial score (nSPS) is 22.9. The van der Waals surface area contributed by atoms with Crippen LogP contribution in [-0.4, -0.2) is 26.3 Å². The van der Waals surface area contributed by atoms with Gasteiger partial charge in [-0.25, -0.2) is 0 Å². The molecule has 3 atom stereocenters. The first kappa shape index (κ1) is 25.2. The van der Waals surface area contributed by atoms with Crippen molar-refractivity contribution >= 4 is 19.3 Å². The van der Waals surface area contributed by atoms with Crippen molar-refractivity contribution in [3.8, 4) is 17.1 Å². The van der Waals surface area contributed by atoms with Gasteiger partial charge in [0.25, 0.3) is 0 Å². The molecule has 0 unspecified atom stereocenters. The summed E-state index contributed by atoms with van der Waals surface area (Å²) in [7, 11) is -2.23. The van der Waals surface area contributed by atoms with Crippen molar-refractivity contribution in [2.45, 2.75) is 95.9 Å². The van der Waals surface area contributed by atoms with E-state index in [1.165, 1.54) is 0 Å². The third kappa shape index (κ3) is 3.77. The maximum Gasteiger partial charge on any atom is 0.210 e. The van der Waals surface area contributed by atoms with Gasteiger partial charge in [0.05, 0.1) is 23.0 Å². The van der Waals surface area contributed by atoms with E-state index in [9.17, 15) is 4.79 Å². The van der Waals surface area contributed by atoms with E-state index in [0.717, 1.165) is 11.1 Å². The van der Waals surface area contributed by atoms with Gasteiger partial charge < -0.3 is 18.3 Å². The summed E-state index contributed by atoms with van der Waals surface area (Å²) in [6, 6.07) is 15.0. The number of benzene rings is 2. The van der Waals surface area contributed by atoms with Gasteiger partial charge in [0.2, 0.25) is 14.6 Å². The van der Waals surface area contributed by atoms with E-state index in [1.54, 1.807) is 12.1 Å². The monoisotopic (exact) mass is 506 g/mol. The van der Waals surface area contributed by atoms with Gasteiger partial charge in [-0.05, 0) is 42.6 Å². The molecule has 3 aromatic rings. The Morgan fingerprint density at radius 3 is 2.17 bits per heavy atom. The molecular weight excluding hydrogens is 468 g/mol. The van der Waals surface area contributed by atoms with Crippen LogP contribution in [0.25, 0.3) is 22.3 Å². The zero-order valence-corrected chi connectivity index (χ0v) is 23.6. The Morgan fingerprint density at radius 2 is 1.56 bits per heavy atom. The average molecular weight is 507 g/mol. The molecule has 2 aliphatic rings. The number of hydrogen-bond donors (Lipinski definition) is 0.